The molecular weight excluding hydrogens is 345 g/mol. The average Bonchev–Trinajstić information content (AvgIpc) is 2.56. The van der Waals surface area contributed by atoms with Crippen LogP contribution in [0.15, 0.2) is 30.3 Å². The zero-order chi connectivity index (χ0) is 18.6. The Morgan fingerprint density at radius 3 is 2.48 bits per heavy atom. The lowest BCUT2D eigenvalue weighted by atomic mass is 9.84. The quantitative estimate of drug-likeness (QED) is 0.631. The second-order valence-electron chi connectivity index (χ2n) is 6.71. The van der Waals surface area contributed by atoms with Crippen molar-refractivity contribution in [1.29, 1.82) is 0 Å². The molecule has 0 aliphatic heterocycles. The van der Waals surface area contributed by atoms with Crippen molar-refractivity contribution in [3.05, 3.63) is 41.4 Å². The molecule has 0 aliphatic rings. The molecule has 0 saturated carbocycles. The number of esters is 1. The number of nitrogens with zero attached hydrogens (tertiary/aromatic N) is 2. The van der Waals surface area contributed by atoms with Crippen molar-refractivity contribution in [1.82, 2.24) is 9.97 Å². The van der Waals surface area contributed by atoms with Crippen LogP contribution in [-0.4, -0.2) is 29.1 Å². The molecule has 1 atom stereocenters. The Morgan fingerprint density at radius 2 is 1.92 bits per heavy atom. The Hall–Kier alpha value is -2.21. The third-order valence-electron chi connectivity index (χ3n) is 3.83. The van der Waals surface area contributed by atoms with Crippen LogP contribution < -0.4 is 5.32 Å². The van der Waals surface area contributed by atoms with Crippen LogP contribution in [0.2, 0.25) is 5.28 Å². The highest BCUT2D eigenvalue weighted by Crippen LogP contribution is 2.30. The Bertz CT molecular complexity index is 748. The molecule has 0 fully saturated rings. The van der Waals surface area contributed by atoms with E-state index in [1.54, 1.807) is 24.3 Å². The number of hydrogen-bond donors (Lipinski definition) is 1. The topological polar surface area (TPSA) is 64.1 Å². The lowest BCUT2D eigenvalue weighted by Gasteiger charge is -2.31. The molecule has 0 amide bonds. The maximum absolute atomic E-state index is 14.9. The molecule has 1 aromatic carbocycles. The summed E-state index contributed by atoms with van der Waals surface area (Å²) in [7, 11) is 1.32. The van der Waals surface area contributed by atoms with Gasteiger partial charge in [0, 0.05) is 11.6 Å². The Kier molecular flexibility index (Phi) is 5.95. The van der Waals surface area contributed by atoms with Crippen molar-refractivity contribution in [2.24, 2.45) is 5.41 Å². The lowest BCUT2D eigenvalue weighted by molar-refractivity contribution is -0.141. The van der Waals surface area contributed by atoms with Gasteiger partial charge in [0.15, 0.2) is 11.6 Å². The fourth-order valence-corrected chi connectivity index (χ4v) is 2.46. The predicted molar refractivity (Wildman–Crippen MR) is 95.9 cm³/mol. The fraction of sp³-hybridized carbons (Fsp3) is 0.389. The fourth-order valence-electron chi connectivity index (χ4n) is 2.29. The number of ether oxygens (including phenoxy) is 1. The SMILES string of the molecule is COC(=O)CC(Nc1nc(Cl)nc(-c2ccccc2)c1F)C(C)(C)C. The summed E-state index contributed by atoms with van der Waals surface area (Å²) < 4.78 is 19.7. The monoisotopic (exact) mass is 365 g/mol. The van der Waals surface area contributed by atoms with Crippen molar-refractivity contribution in [2.45, 2.75) is 33.2 Å². The molecular formula is C18H21ClFN3O2. The summed E-state index contributed by atoms with van der Waals surface area (Å²) in [4.78, 5) is 19.6. The molecule has 0 spiro atoms. The first-order chi connectivity index (χ1) is 11.7. The van der Waals surface area contributed by atoms with Gasteiger partial charge in [0.2, 0.25) is 5.28 Å². The molecule has 2 rings (SSSR count). The average molecular weight is 366 g/mol. The largest absolute Gasteiger partial charge is 0.469 e. The molecule has 5 nitrogen and oxygen atoms in total. The van der Waals surface area contributed by atoms with Crippen molar-refractivity contribution in [3.63, 3.8) is 0 Å². The Labute approximate surface area is 151 Å². The molecule has 2 aromatic rings. The van der Waals surface area contributed by atoms with Gasteiger partial charge >= 0.3 is 5.97 Å². The smallest absolute Gasteiger partial charge is 0.307 e. The van der Waals surface area contributed by atoms with Crippen molar-refractivity contribution in [3.8, 4) is 11.3 Å². The van der Waals surface area contributed by atoms with Crippen LogP contribution in [-0.2, 0) is 9.53 Å². The minimum absolute atomic E-state index is 0.0392. The summed E-state index contributed by atoms with van der Waals surface area (Å²) in [5.41, 5.74) is 0.353. The van der Waals surface area contributed by atoms with Gasteiger partial charge in [-0.2, -0.15) is 4.98 Å². The van der Waals surface area contributed by atoms with E-state index in [0.29, 0.717) is 5.56 Å². The summed E-state index contributed by atoms with van der Waals surface area (Å²) in [6.45, 7) is 5.81. The summed E-state index contributed by atoms with van der Waals surface area (Å²) in [6.07, 6.45) is 0.0712. The molecule has 0 bridgehead atoms. The molecule has 1 aromatic heterocycles. The standard InChI is InChI=1S/C18H21ClFN3O2/c1-18(2,3)12(10-13(24)25-4)21-16-14(20)15(22-17(19)23-16)11-8-6-5-7-9-11/h5-9,12H,10H2,1-4H3,(H,21,22,23). The van der Waals surface area contributed by atoms with Crippen LogP contribution >= 0.6 is 11.6 Å². The molecule has 0 radical (unpaired) electrons. The highest BCUT2D eigenvalue weighted by molar-refractivity contribution is 6.28. The molecule has 0 aliphatic carbocycles. The zero-order valence-electron chi connectivity index (χ0n) is 14.6. The van der Waals surface area contributed by atoms with E-state index in [4.69, 9.17) is 16.3 Å². The van der Waals surface area contributed by atoms with E-state index < -0.39 is 17.8 Å². The van der Waals surface area contributed by atoms with E-state index >= 15 is 0 Å². The third kappa shape index (κ3) is 4.89. The van der Waals surface area contributed by atoms with Crippen LogP contribution in [0.25, 0.3) is 11.3 Å². The molecule has 134 valence electrons. The first-order valence-electron chi connectivity index (χ1n) is 7.84. The Morgan fingerprint density at radius 1 is 1.28 bits per heavy atom. The van der Waals surface area contributed by atoms with E-state index in [9.17, 15) is 9.18 Å². The summed E-state index contributed by atoms with van der Waals surface area (Å²) >= 11 is 5.98. The van der Waals surface area contributed by atoms with Gasteiger partial charge in [-0.05, 0) is 17.0 Å². The second kappa shape index (κ2) is 7.78. The minimum Gasteiger partial charge on any atom is -0.469 e. The number of benzene rings is 1. The van der Waals surface area contributed by atoms with Gasteiger partial charge in [0.1, 0.15) is 5.69 Å². The lowest BCUT2D eigenvalue weighted by Crippen LogP contribution is -2.37. The van der Waals surface area contributed by atoms with Crippen LogP contribution in [0.4, 0.5) is 10.2 Å². The predicted octanol–water partition coefficient (Wildman–Crippen LogP) is 4.33. The zero-order valence-corrected chi connectivity index (χ0v) is 15.4. The number of carbonyl (C=O) groups is 1. The minimum atomic E-state index is -0.616. The molecule has 1 heterocycles. The highest BCUT2D eigenvalue weighted by Gasteiger charge is 2.29. The van der Waals surface area contributed by atoms with E-state index in [1.165, 1.54) is 7.11 Å². The highest BCUT2D eigenvalue weighted by atomic mass is 35.5. The number of aromatic nitrogens is 2. The molecule has 25 heavy (non-hydrogen) atoms. The number of halogens is 2. The first kappa shape index (κ1) is 19.1. The summed E-state index contributed by atoms with van der Waals surface area (Å²) in [5.74, 6) is -1.05. The third-order valence-corrected chi connectivity index (χ3v) is 3.99. The second-order valence-corrected chi connectivity index (χ2v) is 7.05. The van der Waals surface area contributed by atoms with Crippen LogP contribution in [0, 0.1) is 11.2 Å². The molecule has 1 unspecified atom stereocenters. The number of anilines is 1. The van der Waals surface area contributed by atoms with Gasteiger partial charge in [0.25, 0.3) is 0 Å². The normalized spacial score (nSPS) is 12.6. The molecule has 0 saturated heterocycles. The Balaban J connectivity index is 2.41. The van der Waals surface area contributed by atoms with Gasteiger partial charge in [0.05, 0.1) is 13.5 Å². The van der Waals surface area contributed by atoms with Crippen molar-refractivity contribution < 1.29 is 13.9 Å². The van der Waals surface area contributed by atoms with E-state index in [0.717, 1.165) is 0 Å². The number of nitrogens with one attached hydrogen (secondary N) is 1. The van der Waals surface area contributed by atoms with Crippen molar-refractivity contribution in [2.75, 3.05) is 12.4 Å². The van der Waals surface area contributed by atoms with E-state index in [1.807, 2.05) is 26.8 Å². The molecule has 7 heteroatoms. The first-order valence-corrected chi connectivity index (χ1v) is 8.22. The maximum Gasteiger partial charge on any atom is 0.307 e. The van der Waals surface area contributed by atoms with E-state index in [-0.39, 0.29) is 28.6 Å². The van der Waals surface area contributed by atoms with Crippen LogP contribution in [0.1, 0.15) is 27.2 Å². The van der Waals surface area contributed by atoms with Gasteiger partial charge in [-0.3, -0.25) is 4.79 Å². The summed E-state index contributed by atoms with van der Waals surface area (Å²) in [5, 5.41) is 2.92. The summed E-state index contributed by atoms with van der Waals surface area (Å²) in [6, 6.07) is 8.47. The van der Waals surface area contributed by atoms with Crippen LogP contribution in [0.3, 0.4) is 0 Å². The maximum atomic E-state index is 14.9. The van der Waals surface area contributed by atoms with Gasteiger partial charge < -0.3 is 10.1 Å². The van der Waals surface area contributed by atoms with Gasteiger partial charge in [-0.1, -0.05) is 51.1 Å². The number of carbonyl (C=O) groups excluding carboxylic acids is 1. The van der Waals surface area contributed by atoms with Gasteiger partial charge in [-0.15, -0.1) is 0 Å². The van der Waals surface area contributed by atoms with Gasteiger partial charge in [-0.25, -0.2) is 9.37 Å². The van der Waals surface area contributed by atoms with E-state index in [2.05, 4.69) is 15.3 Å². The number of hydrogen-bond acceptors (Lipinski definition) is 5. The number of methoxy groups -OCH3 is 1. The van der Waals surface area contributed by atoms with Crippen molar-refractivity contribution >= 4 is 23.4 Å². The number of rotatable bonds is 5. The molecule has 1 N–H and O–H groups in total. The van der Waals surface area contributed by atoms with Crippen LogP contribution in [0.5, 0.6) is 0 Å².